The zero-order chi connectivity index (χ0) is 11.1. The Balaban J connectivity index is 2.28. The van der Waals surface area contributed by atoms with E-state index < -0.39 is 11.6 Å². The standard InChI is InChI=1S/C10H17BO4/c1-6(12-2)10-4-5-14-7(8(10)13-3)9(11)15-10/h6-9H,4-5H2,1-3H3/t6-,7-,8?,9+,10+/m0/s1. The zero-order valence-corrected chi connectivity index (χ0v) is 9.43. The number of ether oxygens (including phenoxy) is 4. The summed E-state index contributed by atoms with van der Waals surface area (Å²) in [5.74, 6) is 0. The SMILES string of the molecule is [B][C@@H]1O[C@@]2([C@H](C)OC)CCO[C@H]1C2OC. The molecule has 5 heteroatoms. The minimum Gasteiger partial charge on any atom is -0.379 e. The summed E-state index contributed by atoms with van der Waals surface area (Å²) in [6, 6.07) is -0.421. The normalized spacial score (nSPS) is 46.7. The Morgan fingerprint density at radius 1 is 1.47 bits per heavy atom. The van der Waals surface area contributed by atoms with Crippen molar-refractivity contribution >= 4 is 7.85 Å². The molecule has 0 aliphatic carbocycles. The van der Waals surface area contributed by atoms with Gasteiger partial charge in [-0.3, -0.25) is 0 Å². The van der Waals surface area contributed by atoms with Gasteiger partial charge in [0.1, 0.15) is 25.7 Å². The highest BCUT2D eigenvalue weighted by atomic mass is 16.6. The van der Waals surface area contributed by atoms with Crippen LogP contribution in [0.25, 0.3) is 0 Å². The van der Waals surface area contributed by atoms with Crippen molar-refractivity contribution in [2.75, 3.05) is 20.8 Å². The highest BCUT2D eigenvalue weighted by molar-refractivity contribution is 6.11. The monoisotopic (exact) mass is 212 g/mol. The van der Waals surface area contributed by atoms with Crippen molar-refractivity contribution in [2.24, 2.45) is 0 Å². The summed E-state index contributed by atoms with van der Waals surface area (Å²) < 4.78 is 22.2. The van der Waals surface area contributed by atoms with Gasteiger partial charge in [-0.15, -0.1) is 0 Å². The van der Waals surface area contributed by atoms with Crippen LogP contribution in [0.15, 0.2) is 0 Å². The molecule has 0 spiro atoms. The highest BCUT2D eigenvalue weighted by Crippen LogP contribution is 2.43. The second-order valence-corrected chi connectivity index (χ2v) is 4.16. The number of rotatable bonds is 3. The second-order valence-electron chi connectivity index (χ2n) is 4.16. The van der Waals surface area contributed by atoms with Gasteiger partial charge in [0.2, 0.25) is 0 Å². The topological polar surface area (TPSA) is 36.9 Å². The van der Waals surface area contributed by atoms with Gasteiger partial charge in [0.15, 0.2) is 0 Å². The minimum absolute atomic E-state index is 0.0533. The van der Waals surface area contributed by atoms with E-state index in [4.69, 9.17) is 26.8 Å². The van der Waals surface area contributed by atoms with E-state index in [1.54, 1.807) is 14.2 Å². The van der Waals surface area contributed by atoms with Crippen molar-refractivity contribution in [3.8, 4) is 0 Å². The fourth-order valence-electron chi connectivity index (χ4n) is 2.64. The molecule has 0 amide bonds. The molecular weight excluding hydrogens is 195 g/mol. The van der Waals surface area contributed by atoms with Crippen LogP contribution in [0, 0.1) is 0 Å². The molecule has 15 heavy (non-hydrogen) atoms. The van der Waals surface area contributed by atoms with E-state index in [1.807, 2.05) is 6.92 Å². The Morgan fingerprint density at radius 2 is 2.20 bits per heavy atom. The average Bonchev–Trinajstić information content (AvgIpc) is 2.41. The largest absolute Gasteiger partial charge is 0.379 e. The fourth-order valence-corrected chi connectivity index (χ4v) is 2.64. The number of methoxy groups -OCH3 is 2. The summed E-state index contributed by atoms with van der Waals surface area (Å²) in [6.45, 7) is 2.62. The molecule has 0 saturated carbocycles. The maximum absolute atomic E-state index is 5.88. The summed E-state index contributed by atoms with van der Waals surface area (Å²) in [5, 5.41) is 0. The highest BCUT2D eigenvalue weighted by Gasteiger charge is 2.59. The van der Waals surface area contributed by atoms with Crippen molar-refractivity contribution in [1.82, 2.24) is 0 Å². The van der Waals surface area contributed by atoms with Crippen LogP contribution in [0.5, 0.6) is 0 Å². The minimum atomic E-state index is -0.453. The van der Waals surface area contributed by atoms with Crippen molar-refractivity contribution in [2.45, 2.75) is 43.3 Å². The van der Waals surface area contributed by atoms with Gasteiger partial charge < -0.3 is 18.9 Å². The summed E-state index contributed by atoms with van der Waals surface area (Å²) >= 11 is 0. The molecule has 0 aromatic heterocycles. The van der Waals surface area contributed by atoms with Gasteiger partial charge in [-0.1, -0.05) is 0 Å². The van der Waals surface area contributed by atoms with Gasteiger partial charge in [0.05, 0.1) is 12.7 Å². The summed E-state index contributed by atoms with van der Waals surface area (Å²) in [4.78, 5) is 0. The van der Waals surface area contributed by atoms with Crippen LogP contribution < -0.4 is 0 Å². The molecule has 0 aromatic rings. The van der Waals surface area contributed by atoms with Crippen LogP contribution >= 0.6 is 0 Å². The molecule has 2 fully saturated rings. The van der Waals surface area contributed by atoms with E-state index in [0.29, 0.717) is 6.61 Å². The van der Waals surface area contributed by atoms with Gasteiger partial charge in [-0.05, 0) is 6.92 Å². The summed E-state index contributed by atoms with van der Waals surface area (Å²) in [6.07, 6.45) is 0.380. The average molecular weight is 212 g/mol. The van der Waals surface area contributed by atoms with E-state index in [-0.39, 0.29) is 18.3 Å². The maximum Gasteiger partial charge on any atom is 0.124 e. The molecule has 1 unspecified atom stereocenters. The molecule has 84 valence electrons. The molecule has 2 aliphatic rings. The first-order valence-electron chi connectivity index (χ1n) is 5.26. The van der Waals surface area contributed by atoms with E-state index in [0.717, 1.165) is 6.42 Å². The third kappa shape index (κ3) is 1.53. The van der Waals surface area contributed by atoms with E-state index in [1.165, 1.54) is 0 Å². The van der Waals surface area contributed by atoms with Crippen LogP contribution in [0.2, 0.25) is 0 Å². The third-order valence-corrected chi connectivity index (χ3v) is 3.56. The Kier molecular flexibility index (Phi) is 3.08. The lowest BCUT2D eigenvalue weighted by molar-refractivity contribution is -0.182. The molecule has 0 N–H and O–H groups in total. The lowest BCUT2D eigenvalue weighted by Gasteiger charge is -2.41. The van der Waals surface area contributed by atoms with Crippen LogP contribution in [0.4, 0.5) is 0 Å². The van der Waals surface area contributed by atoms with Gasteiger partial charge in [0, 0.05) is 26.6 Å². The van der Waals surface area contributed by atoms with Crippen LogP contribution in [-0.4, -0.2) is 58.6 Å². The number of hydrogen-bond donors (Lipinski definition) is 0. The molecule has 2 bridgehead atoms. The molecule has 2 saturated heterocycles. The van der Waals surface area contributed by atoms with E-state index in [9.17, 15) is 0 Å². The lowest BCUT2D eigenvalue weighted by Crippen LogP contribution is -2.56. The van der Waals surface area contributed by atoms with Crippen molar-refractivity contribution in [3.63, 3.8) is 0 Å². The van der Waals surface area contributed by atoms with Gasteiger partial charge >= 0.3 is 0 Å². The molecule has 4 nitrogen and oxygen atoms in total. The first-order valence-corrected chi connectivity index (χ1v) is 5.26. The van der Waals surface area contributed by atoms with Crippen molar-refractivity contribution in [3.05, 3.63) is 0 Å². The van der Waals surface area contributed by atoms with Crippen molar-refractivity contribution in [1.29, 1.82) is 0 Å². The molecular formula is C10H17BO4. The Morgan fingerprint density at radius 3 is 2.80 bits per heavy atom. The quantitative estimate of drug-likeness (QED) is 0.621. The third-order valence-electron chi connectivity index (χ3n) is 3.56. The molecule has 2 radical (unpaired) electrons. The molecule has 2 rings (SSSR count). The molecule has 2 aliphatic heterocycles. The molecule has 2 heterocycles. The number of fused-ring (bicyclic) bond motifs is 2. The Bertz CT molecular complexity index is 237. The van der Waals surface area contributed by atoms with E-state index >= 15 is 0 Å². The van der Waals surface area contributed by atoms with Crippen molar-refractivity contribution < 1.29 is 18.9 Å². The van der Waals surface area contributed by atoms with Gasteiger partial charge in [-0.2, -0.15) is 0 Å². The maximum atomic E-state index is 5.88. The molecule has 5 atom stereocenters. The Hall–Kier alpha value is -0.0951. The van der Waals surface area contributed by atoms with E-state index in [2.05, 4.69) is 0 Å². The van der Waals surface area contributed by atoms with Gasteiger partial charge in [0.25, 0.3) is 0 Å². The van der Waals surface area contributed by atoms with Gasteiger partial charge in [-0.25, -0.2) is 0 Å². The fraction of sp³-hybridized carbons (Fsp3) is 1.00. The first-order chi connectivity index (χ1) is 7.15. The first kappa shape index (κ1) is 11.4. The smallest absolute Gasteiger partial charge is 0.124 e. The van der Waals surface area contributed by atoms with Crippen LogP contribution in [0.1, 0.15) is 13.3 Å². The lowest BCUT2D eigenvalue weighted by atomic mass is 9.82. The molecule has 0 aromatic carbocycles. The Labute approximate surface area is 91.6 Å². The predicted molar refractivity (Wildman–Crippen MR) is 55.0 cm³/mol. The summed E-state index contributed by atoms with van der Waals surface area (Å²) in [7, 11) is 9.21. The second kappa shape index (κ2) is 4.05. The van der Waals surface area contributed by atoms with Crippen LogP contribution in [-0.2, 0) is 18.9 Å². The predicted octanol–water partition coefficient (Wildman–Crippen LogP) is 0.0888. The van der Waals surface area contributed by atoms with Crippen LogP contribution in [0.3, 0.4) is 0 Å². The zero-order valence-electron chi connectivity index (χ0n) is 9.43. The summed E-state index contributed by atoms with van der Waals surface area (Å²) in [5.41, 5.74) is -0.453. The number of hydrogen-bond acceptors (Lipinski definition) is 4.